The van der Waals surface area contributed by atoms with Gasteiger partial charge in [0, 0.05) is 5.56 Å². The Bertz CT molecular complexity index is 553. The van der Waals surface area contributed by atoms with Crippen LogP contribution in [0, 0.1) is 6.92 Å². The van der Waals surface area contributed by atoms with Gasteiger partial charge in [-0.1, -0.05) is 64.1 Å². The van der Waals surface area contributed by atoms with Crippen molar-refractivity contribution in [3.8, 4) is 11.3 Å². The lowest BCUT2D eigenvalue weighted by atomic mass is 10.0. The van der Waals surface area contributed by atoms with Gasteiger partial charge in [0.1, 0.15) is 0 Å². The van der Waals surface area contributed by atoms with Crippen LogP contribution in [-0.2, 0) is 0 Å². The summed E-state index contributed by atoms with van der Waals surface area (Å²) in [5.74, 6) is 0. The van der Waals surface area contributed by atoms with Gasteiger partial charge >= 0.3 is 0 Å². The van der Waals surface area contributed by atoms with E-state index < -0.39 is 0 Å². The van der Waals surface area contributed by atoms with Crippen molar-refractivity contribution in [3.63, 3.8) is 0 Å². The Hall–Kier alpha value is -1.89. The average molecular weight is 283 g/mol. The minimum Gasteiger partial charge on any atom is -0.248 e. The molecule has 0 saturated heterocycles. The predicted octanol–water partition coefficient (Wildman–Crippen LogP) is 6.53. The quantitative estimate of drug-likeness (QED) is 0.610. The molecule has 114 valence electrons. The maximum absolute atomic E-state index is 4.71. The molecular weight excluding hydrogens is 254 g/mol. The number of allylic oxidation sites excluding steroid dienone is 2. The lowest BCUT2D eigenvalue weighted by Crippen LogP contribution is -1.91. The van der Waals surface area contributed by atoms with E-state index in [1.165, 1.54) is 16.7 Å². The zero-order chi connectivity index (χ0) is 16.3. The highest BCUT2D eigenvalue weighted by Crippen LogP contribution is 2.22. The molecule has 0 amide bonds. The first kappa shape index (κ1) is 19.1. The Labute approximate surface area is 130 Å². The third-order valence-electron chi connectivity index (χ3n) is 3.01. The van der Waals surface area contributed by atoms with E-state index in [9.17, 15) is 0 Å². The summed E-state index contributed by atoms with van der Waals surface area (Å²) in [7, 11) is 0. The lowest BCUT2D eigenvalue weighted by molar-refractivity contribution is 1.25. The van der Waals surface area contributed by atoms with Gasteiger partial charge in [-0.2, -0.15) is 0 Å². The van der Waals surface area contributed by atoms with Gasteiger partial charge in [-0.05, 0) is 44.0 Å². The summed E-state index contributed by atoms with van der Waals surface area (Å²) in [6.07, 6.45) is 2.09. The van der Waals surface area contributed by atoms with Crippen LogP contribution in [0.3, 0.4) is 0 Å². The van der Waals surface area contributed by atoms with Crippen molar-refractivity contribution in [1.29, 1.82) is 0 Å². The normalized spacial score (nSPS) is 9.95. The Balaban J connectivity index is 0.000000921. The highest BCUT2D eigenvalue weighted by Gasteiger charge is 2.04. The number of rotatable bonds is 2. The van der Waals surface area contributed by atoms with Crippen LogP contribution in [0.4, 0.5) is 0 Å². The lowest BCUT2D eigenvalue weighted by Gasteiger charge is -2.07. The molecule has 21 heavy (non-hydrogen) atoms. The molecule has 0 aliphatic rings. The highest BCUT2D eigenvalue weighted by atomic mass is 14.7. The van der Waals surface area contributed by atoms with Crippen LogP contribution >= 0.6 is 0 Å². The molecule has 2 rings (SSSR count). The first-order valence-corrected chi connectivity index (χ1v) is 7.88. The molecule has 0 aliphatic heterocycles. The maximum atomic E-state index is 4.71. The van der Waals surface area contributed by atoms with Gasteiger partial charge in [-0.25, -0.2) is 4.98 Å². The smallest absolute Gasteiger partial charge is 0.0712 e. The third kappa shape index (κ3) is 5.55. The van der Waals surface area contributed by atoms with Gasteiger partial charge < -0.3 is 0 Å². The van der Waals surface area contributed by atoms with E-state index in [1.54, 1.807) is 0 Å². The number of aromatic nitrogens is 1. The number of hydrogen-bond acceptors (Lipinski definition) is 1. The number of pyridine rings is 1. The average Bonchev–Trinajstić information content (AvgIpc) is 2.58. The van der Waals surface area contributed by atoms with Crippen LogP contribution in [0.2, 0.25) is 0 Å². The fraction of sp³-hybridized carbons (Fsp3) is 0.350. The highest BCUT2D eigenvalue weighted by molar-refractivity contribution is 5.67. The van der Waals surface area contributed by atoms with Crippen LogP contribution < -0.4 is 0 Å². The first-order valence-electron chi connectivity index (χ1n) is 7.88. The summed E-state index contributed by atoms with van der Waals surface area (Å²) in [6.45, 7) is 14.2. The van der Waals surface area contributed by atoms with Crippen LogP contribution in [0.25, 0.3) is 16.8 Å². The molecule has 0 bridgehead atoms. The minimum absolute atomic E-state index is 1.04. The fourth-order valence-corrected chi connectivity index (χ4v) is 1.81. The molecule has 1 nitrogen and oxygen atoms in total. The summed E-state index contributed by atoms with van der Waals surface area (Å²) in [5, 5.41) is 0. The van der Waals surface area contributed by atoms with Gasteiger partial charge in [0.05, 0.1) is 11.4 Å². The Kier molecular flexibility index (Phi) is 9.87. The van der Waals surface area contributed by atoms with Crippen LogP contribution in [0.5, 0.6) is 0 Å². The molecule has 0 fully saturated rings. The van der Waals surface area contributed by atoms with Gasteiger partial charge in [0.25, 0.3) is 0 Å². The van der Waals surface area contributed by atoms with Crippen molar-refractivity contribution in [2.75, 3.05) is 0 Å². The molecule has 1 aromatic heterocycles. The molecule has 0 saturated carbocycles. The summed E-state index contributed by atoms with van der Waals surface area (Å²) >= 11 is 0. The molecule has 0 spiro atoms. The fourth-order valence-electron chi connectivity index (χ4n) is 1.81. The zero-order valence-electron chi connectivity index (χ0n) is 14.6. The van der Waals surface area contributed by atoms with Crippen LogP contribution in [0.15, 0.2) is 48.5 Å². The molecule has 0 N–H and O–H groups in total. The maximum Gasteiger partial charge on any atom is 0.0712 e. The van der Waals surface area contributed by atoms with Crippen LogP contribution in [-0.4, -0.2) is 4.98 Å². The number of nitrogens with zero attached hydrogens (tertiary/aromatic N) is 1. The molecule has 0 unspecified atom stereocenters. The van der Waals surface area contributed by atoms with Crippen molar-refractivity contribution in [2.24, 2.45) is 0 Å². The van der Waals surface area contributed by atoms with Crippen molar-refractivity contribution in [1.82, 2.24) is 4.98 Å². The molecule has 1 aromatic carbocycles. The topological polar surface area (TPSA) is 12.9 Å². The van der Waals surface area contributed by atoms with E-state index >= 15 is 0 Å². The van der Waals surface area contributed by atoms with Gasteiger partial charge in [-0.15, -0.1) is 0 Å². The van der Waals surface area contributed by atoms with Crippen molar-refractivity contribution < 1.29 is 0 Å². The Morgan fingerprint density at radius 3 is 2.10 bits per heavy atom. The second-order valence-electron chi connectivity index (χ2n) is 4.19. The number of benzene rings is 1. The van der Waals surface area contributed by atoms with E-state index in [0.29, 0.717) is 0 Å². The van der Waals surface area contributed by atoms with Crippen molar-refractivity contribution >= 4 is 5.57 Å². The summed E-state index contributed by atoms with van der Waals surface area (Å²) in [5.41, 5.74) is 5.77. The first-order chi connectivity index (χ1) is 10.2. The number of aryl methyl sites for hydroxylation is 1. The van der Waals surface area contributed by atoms with E-state index in [0.717, 1.165) is 11.4 Å². The van der Waals surface area contributed by atoms with Crippen molar-refractivity contribution in [2.45, 2.75) is 48.5 Å². The molecular formula is C20H29N. The Morgan fingerprint density at radius 1 is 0.905 bits per heavy atom. The van der Waals surface area contributed by atoms with Gasteiger partial charge in [0.15, 0.2) is 0 Å². The Morgan fingerprint density at radius 2 is 1.52 bits per heavy atom. The second kappa shape index (κ2) is 10.8. The van der Waals surface area contributed by atoms with E-state index in [-0.39, 0.29) is 0 Å². The molecule has 0 aliphatic carbocycles. The molecule has 0 atom stereocenters. The van der Waals surface area contributed by atoms with E-state index in [4.69, 9.17) is 4.98 Å². The largest absolute Gasteiger partial charge is 0.248 e. The van der Waals surface area contributed by atoms with Crippen molar-refractivity contribution in [3.05, 3.63) is 59.8 Å². The van der Waals surface area contributed by atoms with Gasteiger partial charge in [-0.3, -0.25) is 0 Å². The molecule has 1 heteroatoms. The summed E-state index contributed by atoms with van der Waals surface area (Å²) in [6, 6.07) is 14.5. The summed E-state index contributed by atoms with van der Waals surface area (Å²) < 4.78 is 0. The zero-order valence-corrected chi connectivity index (χ0v) is 14.6. The minimum atomic E-state index is 1.04. The van der Waals surface area contributed by atoms with Gasteiger partial charge in [0.2, 0.25) is 0 Å². The molecule has 0 radical (unpaired) electrons. The van der Waals surface area contributed by atoms with E-state index in [1.807, 2.05) is 34.6 Å². The predicted molar refractivity (Wildman–Crippen MR) is 96.4 cm³/mol. The van der Waals surface area contributed by atoms with E-state index in [2.05, 4.69) is 62.4 Å². The standard InChI is InChI=1S/C16H17N.2C2H6/c1-4-12(2)15-10-7-11-16(17-15)14-9-6-5-8-13(14)3;2*1-2/h4-11H,1-3H3;2*1-2H3/b12-4+;;. The molecule has 1 heterocycles. The summed E-state index contributed by atoms with van der Waals surface area (Å²) in [4.78, 5) is 4.71. The SMILES string of the molecule is C/C=C(\C)c1cccc(-c2ccccc2C)n1.CC.CC. The number of hydrogen-bond donors (Lipinski definition) is 0. The monoisotopic (exact) mass is 283 g/mol. The van der Waals surface area contributed by atoms with Crippen LogP contribution in [0.1, 0.15) is 52.8 Å². The second-order valence-corrected chi connectivity index (χ2v) is 4.19. The third-order valence-corrected chi connectivity index (χ3v) is 3.01. The molecule has 2 aromatic rings.